The number of benzene rings is 1. The van der Waals surface area contributed by atoms with Gasteiger partial charge in [0.25, 0.3) is 0 Å². The lowest BCUT2D eigenvalue weighted by molar-refractivity contribution is -0.137. The van der Waals surface area contributed by atoms with Crippen molar-refractivity contribution < 1.29 is 14.7 Å². The average Bonchev–Trinajstić information content (AvgIpc) is 3.30. The van der Waals surface area contributed by atoms with E-state index in [4.69, 9.17) is 5.11 Å². The second kappa shape index (κ2) is 6.61. The maximum absolute atomic E-state index is 12.2. The van der Waals surface area contributed by atoms with Crippen molar-refractivity contribution in [3.63, 3.8) is 0 Å². The fourth-order valence-corrected chi connectivity index (χ4v) is 2.35. The molecule has 1 aromatic carbocycles. The van der Waals surface area contributed by atoms with Gasteiger partial charge in [0.2, 0.25) is 0 Å². The van der Waals surface area contributed by atoms with Crippen molar-refractivity contribution in [3.8, 4) is 0 Å². The molecule has 1 unspecified atom stereocenters. The Labute approximate surface area is 125 Å². The first-order valence-corrected chi connectivity index (χ1v) is 7.36. The summed E-state index contributed by atoms with van der Waals surface area (Å²) in [6, 6.07) is 7.28. The first-order chi connectivity index (χ1) is 10.0. The lowest BCUT2D eigenvalue weighted by atomic mass is 10.1. The lowest BCUT2D eigenvalue weighted by Gasteiger charge is -2.23. The van der Waals surface area contributed by atoms with Crippen LogP contribution < -0.4 is 10.2 Å². The van der Waals surface area contributed by atoms with Crippen LogP contribution in [0.25, 0.3) is 0 Å². The molecule has 0 aromatic heterocycles. The number of carbonyl (C=O) groups is 2. The minimum absolute atomic E-state index is 0.0149. The third kappa shape index (κ3) is 4.21. The highest BCUT2D eigenvalue weighted by molar-refractivity contribution is 5.91. The number of carboxylic acids is 1. The van der Waals surface area contributed by atoms with Crippen molar-refractivity contribution in [3.05, 3.63) is 29.8 Å². The average molecular weight is 290 g/mol. The third-order valence-corrected chi connectivity index (χ3v) is 3.93. The molecule has 0 bridgehead atoms. The fourth-order valence-electron chi connectivity index (χ4n) is 2.35. The van der Waals surface area contributed by atoms with E-state index >= 15 is 0 Å². The number of urea groups is 1. The highest BCUT2D eigenvalue weighted by Crippen LogP contribution is 2.34. The van der Waals surface area contributed by atoms with E-state index in [1.165, 1.54) is 10.5 Å². The van der Waals surface area contributed by atoms with E-state index in [1.807, 2.05) is 24.3 Å². The van der Waals surface area contributed by atoms with Gasteiger partial charge in [-0.1, -0.05) is 19.1 Å². The Morgan fingerprint density at radius 3 is 2.43 bits per heavy atom. The van der Waals surface area contributed by atoms with E-state index in [0.29, 0.717) is 5.92 Å². The molecular formula is C16H22N2O3. The molecule has 5 nitrogen and oxygen atoms in total. The molecular weight excluding hydrogens is 268 g/mol. The van der Waals surface area contributed by atoms with Crippen LogP contribution in [0.4, 0.5) is 10.5 Å². The number of anilines is 1. The second-order valence-corrected chi connectivity index (χ2v) is 5.57. The zero-order valence-corrected chi connectivity index (χ0v) is 12.5. The number of nitrogens with zero attached hydrogens (tertiary/aromatic N) is 1. The lowest BCUT2D eigenvalue weighted by Crippen LogP contribution is -2.45. The van der Waals surface area contributed by atoms with Gasteiger partial charge in [0, 0.05) is 18.8 Å². The van der Waals surface area contributed by atoms with E-state index in [1.54, 1.807) is 7.05 Å². The Morgan fingerprint density at radius 1 is 1.33 bits per heavy atom. The summed E-state index contributed by atoms with van der Waals surface area (Å²) in [4.78, 5) is 24.6. The quantitative estimate of drug-likeness (QED) is 0.846. The predicted octanol–water partition coefficient (Wildman–Crippen LogP) is 2.65. The normalized spacial score (nSPS) is 15.3. The molecule has 0 heterocycles. The monoisotopic (exact) mass is 290 g/mol. The number of hydrogen-bond acceptors (Lipinski definition) is 2. The Kier molecular flexibility index (Phi) is 4.83. The molecule has 5 heteroatoms. The van der Waals surface area contributed by atoms with Crippen molar-refractivity contribution in [2.45, 2.75) is 38.6 Å². The molecule has 2 N–H and O–H groups in total. The summed E-state index contributed by atoms with van der Waals surface area (Å²) in [6.45, 7) is 2.08. The number of rotatable bonds is 6. The van der Waals surface area contributed by atoms with Crippen LogP contribution >= 0.6 is 0 Å². The first-order valence-electron chi connectivity index (χ1n) is 7.36. The van der Waals surface area contributed by atoms with Gasteiger partial charge in [-0.25, -0.2) is 4.79 Å². The number of hydrogen-bond donors (Lipinski definition) is 2. The molecule has 1 aromatic rings. The van der Waals surface area contributed by atoms with Crippen LogP contribution in [0.1, 0.15) is 31.7 Å². The van der Waals surface area contributed by atoms with Gasteiger partial charge in [-0.15, -0.1) is 0 Å². The van der Waals surface area contributed by atoms with Gasteiger partial charge in [-0.05, 0) is 42.9 Å². The number of carbonyl (C=O) groups excluding carboxylic acids is 1. The molecule has 2 rings (SSSR count). The van der Waals surface area contributed by atoms with Crippen molar-refractivity contribution in [1.29, 1.82) is 0 Å². The smallest absolute Gasteiger partial charge is 0.321 e. The van der Waals surface area contributed by atoms with Gasteiger partial charge in [0.15, 0.2) is 0 Å². The number of aliphatic carboxylic acids is 1. The van der Waals surface area contributed by atoms with E-state index in [9.17, 15) is 9.59 Å². The van der Waals surface area contributed by atoms with E-state index in [-0.39, 0.29) is 18.5 Å². The zero-order chi connectivity index (χ0) is 15.4. The SMILES string of the molecule is CCc1ccc(N(C)C(=O)NC(CC(=O)O)C2CC2)cc1. The number of carboxylic acid groups (broad SMARTS) is 1. The minimum atomic E-state index is -0.873. The van der Waals surface area contributed by atoms with Crippen LogP contribution in [0.2, 0.25) is 0 Å². The topological polar surface area (TPSA) is 69.6 Å². The van der Waals surface area contributed by atoms with Gasteiger partial charge in [-0.3, -0.25) is 9.69 Å². The molecule has 0 spiro atoms. The molecule has 0 saturated heterocycles. The first kappa shape index (κ1) is 15.4. The molecule has 0 radical (unpaired) electrons. The van der Waals surface area contributed by atoms with Crippen LogP contribution in [0, 0.1) is 5.92 Å². The molecule has 1 saturated carbocycles. The predicted molar refractivity (Wildman–Crippen MR) is 81.5 cm³/mol. The maximum atomic E-state index is 12.2. The van der Waals surface area contributed by atoms with Gasteiger partial charge in [0.1, 0.15) is 0 Å². The van der Waals surface area contributed by atoms with Crippen LogP contribution in [0.15, 0.2) is 24.3 Å². The Morgan fingerprint density at radius 2 is 1.95 bits per heavy atom. The maximum Gasteiger partial charge on any atom is 0.321 e. The standard InChI is InChI=1S/C16H22N2O3/c1-3-11-4-8-13(9-5-11)18(2)16(21)17-14(10-15(19)20)12-6-7-12/h4-5,8-9,12,14H,3,6-7,10H2,1-2H3,(H,17,21)(H,19,20). The summed E-state index contributed by atoms with van der Waals surface area (Å²) in [5.74, 6) is -0.567. The summed E-state index contributed by atoms with van der Waals surface area (Å²) < 4.78 is 0. The summed E-state index contributed by atoms with van der Waals surface area (Å²) in [5, 5.41) is 11.8. The van der Waals surface area contributed by atoms with E-state index in [2.05, 4.69) is 12.2 Å². The van der Waals surface area contributed by atoms with Crippen molar-refractivity contribution in [2.24, 2.45) is 5.92 Å². The van der Waals surface area contributed by atoms with E-state index in [0.717, 1.165) is 24.9 Å². The summed E-state index contributed by atoms with van der Waals surface area (Å²) in [7, 11) is 1.70. The molecule has 2 amide bonds. The largest absolute Gasteiger partial charge is 0.481 e. The molecule has 0 aliphatic heterocycles. The van der Waals surface area contributed by atoms with E-state index < -0.39 is 5.97 Å². The van der Waals surface area contributed by atoms with Gasteiger partial charge in [0.05, 0.1) is 6.42 Å². The number of amides is 2. The minimum Gasteiger partial charge on any atom is -0.481 e. The summed E-state index contributed by atoms with van der Waals surface area (Å²) in [5.41, 5.74) is 2.02. The number of aryl methyl sites for hydroxylation is 1. The molecule has 114 valence electrons. The van der Waals surface area contributed by atoms with Crippen LogP contribution in [0.5, 0.6) is 0 Å². The van der Waals surface area contributed by atoms with Crippen LogP contribution in [0.3, 0.4) is 0 Å². The molecule has 1 aliphatic carbocycles. The van der Waals surface area contributed by atoms with Gasteiger partial charge >= 0.3 is 12.0 Å². The highest BCUT2D eigenvalue weighted by atomic mass is 16.4. The van der Waals surface area contributed by atoms with Gasteiger partial charge in [-0.2, -0.15) is 0 Å². The van der Waals surface area contributed by atoms with Crippen LogP contribution in [-0.2, 0) is 11.2 Å². The van der Waals surface area contributed by atoms with Crippen molar-refractivity contribution in [2.75, 3.05) is 11.9 Å². The number of nitrogens with one attached hydrogen (secondary N) is 1. The van der Waals surface area contributed by atoms with Crippen molar-refractivity contribution in [1.82, 2.24) is 5.32 Å². The summed E-state index contributed by atoms with van der Waals surface area (Å²) >= 11 is 0. The fraction of sp³-hybridized carbons (Fsp3) is 0.500. The van der Waals surface area contributed by atoms with Gasteiger partial charge < -0.3 is 10.4 Å². The van der Waals surface area contributed by atoms with Crippen LogP contribution in [-0.4, -0.2) is 30.2 Å². The Bertz CT molecular complexity index is 509. The molecule has 1 fully saturated rings. The zero-order valence-electron chi connectivity index (χ0n) is 12.5. The molecule has 1 atom stereocenters. The third-order valence-electron chi connectivity index (χ3n) is 3.93. The Balaban J connectivity index is 1.98. The summed E-state index contributed by atoms with van der Waals surface area (Å²) in [6.07, 6.45) is 2.93. The van der Waals surface area contributed by atoms with Crippen molar-refractivity contribution >= 4 is 17.7 Å². The Hall–Kier alpha value is -2.04. The second-order valence-electron chi connectivity index (χ2n) is 5.57. The molecule has 1 aliphatic rings. The highest BCUT2D eigenvalue weighted by Gasteiger charge is 2.34. The molecule has 21 heavy (non-hydrogen) atoms.